The van der Waals surface area contributed by atoms with Crippen LogP contribution in [0.5, 0.6) is 0 Å². The number of hydrogen-bond acceptors (Lipinski definition) is 4. The summed E-state index contributed by atoms with van der Waals surface area (Å²) in [6.07, 6.45) is 17.2. The Labute approximate surface area is 199 Å². The standard InChI is InChI=1S/C26H53N3OS/c1-8-10-12-13-14-15-16-17-18-19-21-30-24(31)27-26(20-11-9-2,22-23(3)4)29-28-25(5,6)7/h23H,8-22H2,1-7H3,(H,27,31)/b29-28+. The average Bonchev–Trinajstić information content (AvgIpc) is 2.68. The van der Waals surface area contributed by atoms with E-state index in [4.69, 9.17) is 22.1 Å². The van der Waals surface area contributed by atoms with E-state index >= 15 is 0 Å². The molecule has 1 N–H and O–H groups in total. The smallest absolute Gasteiger partial charge is 0.258 e. The second-order valence-electron chi connectivity index (χ2n) is 10.5. The van der Waals surface area contributed by atoms with E-state index in [1.807, 2.05) is 0 Å². The van der Waals surface area contributed by atoms with Crippen LogP contribution in [0.4, 0.5) is 0 Å². The molecule has 5 heteroatoms. The zero-order valence-electron chi connectivity index (χ0n) is 21.9. The fourth-order valence-electron chi connectivity index (χ4n) is 3.70. The minimum absolute atomic E-state index is 0.200. The van der Waals surface area contributed by atoms with Gasteiger partial charge < -0.3 is 10.1 Å². The average molecular weight is 456 g/mol. The third-order valence-corrected chi connectivity index (χ3v) is 5.52. The van der Waals surface area contributed by atoms with Gasteiger partial charge in [0.15, 0.2) is 5.66 Å². The maximum Gasteiger partial charge on any atom is 0.258 e. The number of azo groups is 1. The van der Waals surface area contributed by atoms with Crippen LogP contribution in [0.1, 0.15) is 138 Å². The Kier molecular flexibility index (Phi) is 17.4. The summed E-state index contributed by atoms with van der Waals surface area (Å²) in [5.41, 5.74) is -0.666. The molecule has 0 rings (SSSR count). The van der Waals surface area contributed by atoms with Gasteiger partial charge in [0.05, 0.1) is 12.1 Å². The molecule has 0 heterocycles. The highest BCUT2D eigenvalue weighted by Crippen LogP contribution is 2.27. The van der Waals surface area contributed by atoms with E-state index in [2.05, 4.69) is 58.9 Å². The highest BCUT2D eigenvalue weighted by Gasteiger charge is 2.32. The number of thiocarbonyl (C=S) groups is 1. The van der Waals surface area contributed by atoms with Crippen molar-refractivity contribution in [2.24, 2.45) is 16.1 Å². The molecule has 4 nitrogen and oxygen atoms in total. The van der Waals surface area contributed by atoms with Crippen LogP contribution in [-0.4, -0.2) is 23.0 Å². The summed E-state index contributed by atoms with van der Waals surface area (Å²) < 4.78 is 5.88. The molecule has 1 atom stereocenters. The molecule has 0 aromatic rings. The van der Waals surface area contributed by atoms with Crippen LogP contribution < -0.4 is 5.32 Å². The molecular formula is C26H53N3OS. The fourth-order valence-corrected chi connectivity index (χ4v) is 3.98. The van der Waals surface area contributed by atoms with Gasteiger partial charge in [-0.1, -0.05) is 91.9 Å². The minimum atomic E-state index is -0.466. The van der Waals surface area contributed by atoms with Crippen LogP contribution >= 0.6 is 12.2 Å². The lowest BCUT2D eigenvalue weighted by Crippen LogP contribution is -2.48. The largest absolute Gasteiger partial charge is 0.471 e. The predicted octanol–water partition coefficient (Wildman–Crippen LogP) is 8.98. The molecule has 0 spiro atoms. The lowest BCUT2D eigenvalue weighted by Gasteiger charge is -2.33. The molecule has 0 aromatic carbocycles. The first kappa shape index (κ1) is 30.3. The summed E-state index contributed by atoms with van der Waals surface area (Å²) in [6, 6.07) is 0. The van der Waals surface area contributed by atoms with Gasteiger partial charge in [-0.3, -0.25) is 0 Å². The Morgan fingerprint density at radius 3 is 1.81 bits per heavy atom. The van der Waals surface area contributed by atoms with E-state index in [9.17, 15) is 0 Å². The molecule has 1 unspecified atom stereocenters. The first-order valence-corrected chi connectivity index (χ1v) is 13.4. The van der Waals surface area contributed by atoms with Crippen LogP contribution in [0.3, 0.4) is 0 Å². The van der Waals surface area contributed by atoms with E-state index < -0.39 is 5.66 Å². The maximum absolute atomic E-state index is 5.88. The van der Waals surface area contributed by atoms with Crippen molar-refractivity contribution in [2.45, 2.75) is 150 Å². The van der Waals surface area contributed by atoms with Crippen molar-refractivity contribution in [2.75, 3.05) is 6.61 Å². The van der Waals surface area contributed by atoms with Gasteiger partial charge in [0.25, 0.3) is 5.17 Å². The first-order chi connectivity index (χ1) is 14.6. The Morgan fingerprint density at radius 2 is 1.32 bits per heavy atom. The van der Waals surface area contributed by atoms with Crippen molar-refractivity contribution in [1.29, 1.82) is 0 Å². The molecule has 0 aliphatic heterocycles. The quantitative estimate of drug-likeness (QED) is 0.127. The molecule has 0 bridgehead atoms. The zero-order chi connectivity index (χ0) is 23.6. The Bertz CT molecular complexity index is 474. The third kappa shape index (κ3) is 18.6. The second-order valence-corrected chi connectivity index (χ2v) is 10.9. The van der Waals surface area contributed by atoms with E-state index in [0.717, 1.165) is 32.1 Å². The Hall–Kier alpha value is -0.710. The minimum Gasteiger partial charge on any atom is -0.471 e. The molecule has 0 aliphatic carbocycles. The molecule has 0 aromatic heterocycles. The van der Waals surface area contributed by atoms with Gasteiger partial charge in [0.1, 0.15) is 0 Å². The number of nitrogens with one attached hydrogen (secondary N) is 1. The number of rotatable bonds is 18. The normalized spacial score (nSPS) is 14.2. The van der Waals surface area contributed by atoms with Gasteiger partial charge >= 0.3 is 0 Å². The lowest BCUT2D eigenvalue weighted by molar-refractivity contribution is 0.226. The van der Waals surface area contributed by atoms with Crippen molar-refractivity contribution in [3.63, 3.8) is 0 Å². The predicted molar refractivity (Wildman–Crippen MR) is 140 cm³/mol. The summed E-state index contributed by atoms with van der Waals surface area (Å²) in [4.78, 5) is 0. The topological polar surface area (TPSA) is 46.0 Å². The van der Waals surface area contributed by atoms with E-state index in [0.29, 0.717) is 17.7 Å². The SMILES string of the molecule is CCCCCCCCCCCCOC(=S)NC(CCCC)(CC(C)C)/N=N/C(C)(C)C. The first-order valence-electron chi connectivity index (χ1n) is 13.0. The Balaban J connectivity index is 4.42. The number of nitrogens with zero attached hydrogens (tertiary/aromatic N) is 2. The molecule has 0 fully saturated rings. The number of unbranched alkanes of at least 4 members (excludes halogenated alkanes) is 10. The number of ether oxygens (including phenoxy) is 1. The highest BCUT2D eigenvalue weighted by molar-refractivity contribution is 7.80. The van der Waals surface area contributed by atoms with Crippen molar-refractivity contribution in [3.8, 4) is 0 Å². The van der Waals surface area contributed by atoms with Gasteiger partial charge in [0.2, 0.25) is 0 Å². The maximum atomic E-state index is 5.88. The molecule has 0 aliphatic rings. The lowest BCUT2D eigenvalue weighted by atomic mass is 9.93. The van der Waals surface area contributed by atoms with Crippen LogP contribution in [0.15, 0.2) is 10.2 Å². The van der Waals surface area contributed by atoms with Crippen LogP contribution in [0.25, 0.3) is 0 Å². The van der Waals surface area contributed by atoms with Crippen molar-refractivity contribution < 1.29 is 4.74 Å². The summed E-state index contributed by atoms with van der Waals surface area (Å²) in [7, 11) is 0. The second kappa shape index (κ2) is 17.8. The molecule has 0 saturated heterocycles. The van der Waals surface area contributed by atoms with Crippen LogP contribution in [-0.2, 0) is 4.74 Å². The van der Waals surface area contributed by atoms with Crippen molar-refractivity contribution >= 4 is 17.4 Å². The summed E-state index contributed by atoms with van der Waals surface area (Å²) >= 11 is 5.55. The van der Waals surface area contributed by atoms with Crippen molar-refractivity contribution in [3.05, 3.63) is 0 Å². The van der Waals surface area contributed by atoms with E-state index in [1.54, 1.807) is 0 Å². The Morgan fingerprint density at radius 1 is 0.806 bits per heavy atom. The van der Waals surface area contributed by atoms with Crippen molar-refractivity contribution in [1.82, 2.24) is 5.32 Å². The van der Waals surface area contributed by atoms with Crippen LogP contribution in [0.2, 0.25) is 0 Å². The summed E-state index contributed by atoms with van der Waals surface area (Å²) in [6.45, 7) is 15.9. The monoisotopic (exact) mass is 455 g/mol. The van der Waals surface area contributed by atoms with Gasteiger partial charge in [0, 0.05) is 0 Å². The van der Waals surface area contributed by atoms with E-state index in [1.165, 1.54) is 57.8 Å². The third-order valence-electron chi connectivity index (χ3n) is 5.30. The highest BCUT2D eigenvalue weighted by atomic mass is 32.1. The van der Waals surface area contributed by atoms with Gasteiger partial charge in [-0.05, 0) is 64.6 Å². The summed E-state index contributed by atoms with van der Waals surface area (Å²) in [5.74, 6) is 0.494. The molecule has 0 radical (unpaired) electrons. The van der Waals surface area contributed by atoms with Gasteiger partial charge in [-0.15, -0.1) is 0 Å². The molecule has 0 saturated carbocycles. The molecular weight excluding hydrogens is 402 g/mol. The van der Waals surface area contributed by atoms with Gasteiger partial charge in [-0.2, -0.15) is 10.2 Å². The zero-order valence-corrected chi connectivity index (χ0v) is 22.7. The van der Waals surface area contributed by atoms with Gasteiger partial charge in [-0.25, -0.2) is 0 Å². The molecule has 0 amide bonds. The van der Waals surface area contributed by atoms with E-state index in [-0.39, 0.29) is 5.54 Å². The summed E-state index contributed by atoms with van der Waals surface area (Å²) in [5, 5.41) is 13.3. The molecule has 184 valence electrons. The fraction of sp³-hybridized carbons (Fsp3) is 0.962. The number of hydrogen-bond donors (Lipinski definition) is 1. The van der Waals surface area contributed by atoms with Crippen LogP contribution in [0, 0.1) is 5.92 Å². The molecule has 31 heavy (non-hydrogen) atoms.